The fourth-order valence-corrected chi connectivity index (χ4v) is 4.72. The quantitative estimate of drug-likeness (QED) is 0.724. The van der Waals surface area contributed by atoms with Crippen molar-refractivity contribution < 1.29 is 36.6 Å². The molecule has 8 nitrogen and oxygen atoms in total. The second kappa shape index (κ2) is 8.77. The van der Waals surface area contributed by atoms with Crippen LogP contribution in [0.1, 0.15) is 53.1 Å². The number of rotatable bonds is 5. The number of hydrogen-bond donors (Lipinski definition) is 1. The zero-order chi connectivity index (χ0) is 23.2. The van der Waals surface area contributed by atoms with E-state index in [4.69, 9.17) is 18.6 Å². The van der Waals surface area contributed by atoms with Crippen molar-refractivity contribution >= 4 is 5.91 Å². The summed E-state index contributed by atoms with van der Waals surface area (Å²) in [7, 11) is 0. The topological polar surface area (TPSA) is 87.8 Å². The maximum atomic E-state index is 14.2. The molecule has 2 fully saturated rings. The van der Waals surface area contributed by atoms with Crippen LogP contribution in [-0.4, -0.2) is 60.9 Å². The minimum absolute atomic E-state index is 0.111. The lowest BCUT2D eigenvalue weighted by atomic mass is 9.86. The highest BCUT2D eigenvalue weighted by atomic mass is 19.4. The number of aromatic nitrogens is 2. The first-order valence-corrected chi connectivity index (χ1v) is 11.2. The van der Waals surface area contributed by atoms with Gasteiger partial charge in [0.2, 0.25) is 5.76 Å². The smallest absolute Gasteiger partial charge is 0.420 e. The van der Waals surface area contributed by atoms with Crippen molar-refractivity contribution in [1.82, 2.24) is 15.1 Å². The van der Waals surface area contributed by atoms with Gasteiger partial charge < -0.3 is 23.9 Å². The van der Waals surface area contributed by atoms with Crippen molar-refractivity contribution in [3.8, 4) is 11.3 Å². The Balaban J connectivity index is 1.48. The van der Waals surface area contributed by atoms with Crippen LogP contribution in [0.4, 0.5) is 13.2 Å². The molecule has 0 aromatic carbocycles. The molecule has 4 heterocycles. The number of furan rings is 1. The molecule has 180 valence electrons. The summed E-state index contributed by atoms with van der Waals surface area (Å²) in [5.74, 6) is -1.59. The van der Waals surface area contributed by atoms with Crippen LogP contribution >= 0.6 is 0 Å². The number of nitrogens with one attached hydrogen (secondary N) is 1. The van der Waals surface area contributed by atoms with Gasteiger partial charge in [0, 0.05) is 31.3 Å². The first-order valence-electron chi connectivity index (χ1n) is 11.2. The van der Waals surface area contributed by atoms with Crippen molar-refractivity contribution in [2.45, 2.75) is 57.0 Å². The van der Waals surface area contributed by atoms with Gasteiger partial charge in [0.1, 0.15) is 17.4 Å². The lowest BCUT2D eigenvalue weighted by Crippen LogP contribution is -2.32. The van der Waals surface area contributed by atoms with Gasteiger partial charge in [-0.2, -0.15) is 18.3 Å². The van der Waals surface area contributed by atoms with E-state index in [1.54, 1.807) is 10.9 Å². The van der Waals surface area contributed by atoms with Crippen LogP contribution in [0.15, 0.2) is 10.6 Å². The minimum Gasteiger partial charge on any atom is -0.455 e. The predicted octanol–water partition coefficient (Wildman–Crippen LogP) is 3.15. The largest absolute Gasteiger partial charge is 0.455 e. The molecule has 0 spiro atoms. The molecule has 1 N–H and O–H groups in total. The van der Waals surface area contributed by atoms with Crippen LogP contribution in [-0.2, 0) is 33.4 Å². The van der Waals surface area contributed by atoms with Crippen LogP contribution in [0.2, 0.25) is 0 Å². The Bertz CT molecular complexity index is 1020. The van der Waals surface area contributed by atoms with Gasteiger partial charge in [0.05, 0.1) is 43.7 Å². The number of halogens is 3. The molecule has 2 saturated heterocycles. The summed E-state index contributed by atoms with van der Waals surface area (Å²) in [4.78, 5) is 12.7. The number of alkyl halides is 3. The van der Waals surface area contributed by atoms with E-state index >= 15 is 0 Å². The molecule has 3 aliphatic rings. The Morgan fingerprint density at radius 1 is 1.24 bits per heavy atom. The summed E-state index contributed by atoms with van der Waals surface area (Å²) in [6.45, 7) is 4.39. The van der Waals surface area contributed by atoms with E-state index in [1.165, 1.54) is 0 Å². The molecule has 0 bridgehead atoms. The zero-order valence-electron chi connectivity index (χ0n) is 18.2. The van der Waals surface area contributed by atoms with E-state index in [2.05, 4.69) is 10.4 Å². The molecular weight excluding hydrogens is 443 g/mol. The third kappa shape index (κ3) is 4.41. The highest BCUT2D eigenvalue weighted by Gasteiger charge is 2.46. The summed E-state index contributed by atoms with van der Waals surface area (Å²) in [6, 6.07) is 0. The van der Waals surface area contributed by atoms with Crippen molar-refractivity contribution in [2.75, 3.05) is 33.0 Å². The molecular formula is C22H26F3N3O5. The van der Waals surface area contributed by atoms with Gasteiger partial charge in [-0.05, 0) is 18.8 Å². The van der Waals surface area contributed by atoms with Gasteiger partial charge in [-0.15, -0.1) is 0 Å². The fourth-order valence-electron chi connectivity index (χ4n) is 4.72. The minimum atomic E-state index is -4.78. The van der Waals surface area contributed by atoms with Gasteiger partial charge in [-0.3, -0.25) is 9.48 Å². The number of carbonyl (C=O) groups is 1. The molecule has 11 heteroatoms. The summed E-state index contributed by atoms with van der Waals surface area (Å²) in [5, 5.41) is 7.01. The SMILES string of the molecule is CC1Cc2oc(C(=O)NC[C@@H]3CCCO3)c(C(F)(F)F)c2-c2nn(C[C@H]3COCCO3)cc21. The van der Waals surface area contributed by atoms with Crippen molar-refractivity contribution in [1.29, 1.82) is 0 Å². The normalized spacial score (nSPS) is 25.0. The molecule has 1 aliphatic carbocycles. The van der Waals surface area contributed by atoms with E-state index in [0.29, 0.717) is 38.5 Å². The number of fused-ring (bicyclic) bond motifs is 3. The molecule has 0 saturated carbocycles. The Hall–Kier alpha value is -2.37. The molecule has 1 unspecified atom stereocenters. The van der Waals surface area contributed by atoms with Crippen LogP contribution in [0.5, 0.6) is 0 Å². The van der Waals surface area contributed by atoms with Crippen LogP contribution in [0, 0.1) is 0 Å². The fraction of sp³-hybridized carbons (Fsp3) is 0.636. The average molecular weight is 469 g/mol. The highest BCUT2D eigenvalue weighted by molar-refractivity contribution is 5.96. The third-order valence-electron chi connectivity index (χ3n) is 6.31. The molecule has 2 aromatic heterocycles. The van der Waals surface area contributed by atoms with E-state index in [-0.39, 0.29) is 48.1 Å². The Morgan fingerprint density at radius 3 is 2.76 bits per heavy atom. The first kappa shape index (κ1) is 22.4. The summed E-state index contributed by atoms with van der Waals surface area (Å²) < 4.78 is 66.3. The number of amides is 1. The van der Waals surface area contributed by atoms with Crippen molar-refractivity contribution in [3.05, 3.63) is 28.8 Å². The van der Waals surface area contributed by atoms with Crippen LogP contribution in [0.3, 0.4) is 0 Å². The molecule has 2 aliphatic heterocycles. The van der Waals surface area contributed by atoms with E-state index < -0.39 is 23.4 Å². The summed E-state index contributed by atoms with van der Waals surface area (Å²) >= 11 is 0. The zero-order valence-corrected chi connectivity index (χ0v) is 18.2. The third-order valence-corrected chi connectivity index (χ3v) is 6.31. The molecule has 5 rings (SSSR count). The first-order chi connectivity index (χ1) is 15.8. The standard InChI is InChI=1S/C22H26F3N3O5/c1-12-7-16-17(19-15(12)10-28(27-19)9-14-11-30-5-6-32-14)18(22(23,24)25)20(33-16)21(29)26-8-13-3-2-4-31-13/h10,12-14H,2-9,11H2,1H3,(H,26,29)/t12?,13-,14-/m0/s1. The maximum absolute atomic E-state index is 14.2. The molecule has 0 radical (unpaired) electrons. The molecule has 33 heavy (non-hydrogen) atoms. The van der Waals surface area contributed by atoms with E-state index in [0.717, 1.165) is 12.8 Å². The van der Waals surface area contributed by atoms with E-state index in [9.17, 15) is 18.0 Å². The molecule has 3 atom stereocenters. The van der Waals surface area contributed by atoms with Crippen molar-refractivity contribution in [2.24, 2.45) is 0 Å². The Kier molecular flexibility index (Phi) is 5.96. The predicted molar refractivity (Wildman–Crippen MR) is 109 cm³/mol. The highest BCUT2D eigenvalue weighted by Crippen LogP contribution is 2.48. The van der Waals surface area contributed by atoms with Crippen molar-refractivity contribution in [3.63, 3.8) is 0 Å². The number of hydrogen-bond acceptors (Lipinski definition) is 6. The number of ether oxygens (including phenoxy) is 3. The molecule has 1 amide bonds. The summed E-state index contributed by atoms with van der Waals surface area (Å²) in [6.07, 6.45) is -1.57. The van der Waals surface area contributed by atoms with Crippen LogP contribution in [0.25, 0.3) is 11.3 Å². The Morgan fingerprint density at radius 2 is 2.06 bits per heavy atom. The lowest BCUT2D eigenvalue weighted by Gasteiger charge is -2.22. The number of carbonyl (C=O) groups excluding carboxylic acids is 1. The van der Waals surface area contributed by atoms with Gasteiger partial charge in [-0.1, -0.05) is 6.92 Å². The second-order valence-corrected chi connectivity index (χ2v) is 8.78. The van der Waals surface area contributed by atoms with Gasteiger partial charge >= 0.3 is 6.18 Å². The lowest BCUT2D eigenvalue weighted by molar-refractivity contribution is -0.137. The average Bonchev–Trinajstić information content (AvgIpc) is 3.50. The molecule has 2 aromatic rings. The second-order valence-electron chi connectivity index (χ2n) is 8.78. The van der Waals surface area contributed by atoms with Gasteiger partial charge in [-0.25, -0.2) is 0 Å². The van der Waals surface area contributed by atoms with Gasteiger partial charge in [0.25, 0.3) is 5.91 Å². The maximum Gasteiger partial charge on any atom is 0.420 e. The summed E-state index contributed by atoms with van der Waals surface area (Å²) in [5.41, 5.74) is -0.318. The van der Waals surface area contributed by atoms with Gasteiger partial charge in [0.15, 0.2) is 0 Å². The monoisotopic (exact) mass is 469 g/mol. The van der Waals surface area contributed by atoms with Crippen LogP contribution < -0.4 is 5.32 Å². The Labute approximate surface area is 188 Å². The van der Waals surface area contributed by atoms with E-state index in [1.807, 2.05) is 6.92 Å². The number of nitrogens with zero attached hydrogens (tertiary/aromatic N) is 2.